The average molecular weight is 779 g/mol. The first-order chi connectivity index (χ1) is 27.0. The van der Waals surface area contributed by atoms with Gasteiger partial charge in [-0.3, -0.25) is 4.79 Å². The van der Waals surface area contributed by atoms with Crippen molar-refractivity contribution in [2.45, 2.75) is 84.8 Å². The summed E-state index contributed by atoms with van der Waals surface area (Å²) in [5.41, 5.74) is 4.00. The van der Waals surface area contributed by atoms with Crippen molar-refractivity contribution in [1.29, 1.82) is 0 Å². The molecule has 2 fully saturated rings. The maximum Gasteiger partial charge on any atom is 0.410 e. The van der Waals surface area contributed by atoms with E-state index in [1.165, 1.54) is 50.0 Å². The van der Waals surface area contributed by atoms with Gasteiger partial charge in [0.15, 0.2) is 0 Å². The predicted octanol–water partition coefficient (Wildman–Crippen LogP) is 9.01. The first-order valence-corrected chi connectivity index (χ1v) is 19.7. The standard InChI is InChI=1S/C45H52F2N6O4/c1-28-34(24-32(46)25-37(28)51-41(54)33-12-11-31(23-36(33)47)44(5,6)56)39-35-26-38(50-40(35)49-27-48-39)30-9-7-29(8-10-30)13-18-52-19-14-45(15-20-52)16-21-53(22-17-45)42(55)57-43(2,3)4/h7-12,23-27,56H,13-22H2,1-6H3,(H,51,54)(H,48,49,50). The number of ether oxygens (including phenoxy) is 1. The molecule has 0 unspecified atom stereocenters. The number of aromatic nitrogens is 3. The van der Waals surface area contributed by atoms with Crippen LogP contribution in [0.2, 0.25) is 0 Å². The van der Waals surface area contributed by atoms with Crippen LogP contribution in [0.25, 0.3) is 33.5 Å². The number of halogens is 2. The van der Waals surface area contributed by atoms with Crippen molar-refractivity contribution in [1.82, 2.24) is 24.8 Å². The predicted molar refractivity (Wildman–Crippen MR) is 218 cm³/mol. The van der Waals surface area contributed by atoms with Crippen LogP contribution in [0.1, 0.15) is 87.4 Å². The number of aliphatic hydroxyl groups is 1. The summed E-state index contributed by atoms with van der Waals surface area (Å²) in [7, 11) is 0. The summed E-state index contributed by atoms with van der Waals surface area (Å²) in [6, 6.07) is 16.9. The van der Waals surface area contributed by atoms with Gasteiger partial charge in [0.2, 0.25) is 0 Å². The zero-order valence-corrected chi connectivity index (χ0v) is 33.6. The monoisotopic (exact) mass is 778 g/mol. The van der Waals surface area contributed by atoms with Crippen molar-refractivity contribution in [3.63, 3.8) is 0 Å². The van der Waals surface area contributed by atoms with Gasteiger partial charge in [0.1, 0.15) is 29.2 Å². The largest absolute Gasteiger partial charge is 0.444 e. The number of aromatic amines is 1. The number of carbonyl (C=O) groups excluding carboxylic acids is 2. The molecule has 57 heavy (non-hydrogen) atoms. The summed E-state index contributed by atoms with van der Waals surface area (Å²) in [4.78, 5) is 42.5. The number of carbonyl (C=O) groups is 2. The molecule has 0 bridgehead atoms. The Morgan fingerprint density at radius 1 is 0.912 bits per heavy atom. The highest BCUT2D eigenvalue weighted by Crippen LogP contribution is 2.42. The lowest BCUT2D eigenvalue weighted by atomic mass is 9.71. The number of hydrogen-bond donors (Lipinski definition) is 3. The van der Waals surface area contributed by atoms with Crippen molar-refractivity contribution in [3.05, 3.63) is 101 Å². The fourth-order valence-electron chi connectivity index (χ4n) is 8.01. The Balaban J connectivity index is 0.986. The number of nitrogens with zero attached hydrogens (tertiary/aromatic N) is 4. The Morgan fingerprint density at radius 2 is 1.60 bits per heavy atom. The minimum absolute atomic E-state index is 0.184. The molecule has 2 amide bonds. The molecule has 2 aliphatic rings. The van der Waals surface area contributed by atoms with Crippen molar-refractivity contribution >= 4 is 28.7 Å². The van der Waals surface area contributed by atoms with Gasteiger partial charge >= 0.3 is 6.09 Å². The van der Waals surface area contributed by atoms with Gasteiger partial charge in [-0.25, -0.2) is 23.5 Å². The molecule has 5 aromatic rings. The SMILES string of the molecule is Cc1c(NC(=O)c2ccc(C(C)(C)O)cc2F)cc(F)cc1-c1ncnc2[nH]c(-c3ccc(CCN4CCC5(CC4)CCN(C(=O)OC(C)(C)C)CC5)cc3)cc12. The summed E-state index contributed by atoms with van der Waals surface area (Å²) >= 11 is 0. The van der Waals surface area contributed by atoms with E-state index in [2.05, 4.69) is 49.4 Å². The number of nitrogens with one attached hydrogen (secondary N) is 2. The van der Waals surface area contributed by atoms with Gasteiger partial charge < -0.3 is 29.9 Å². The fourth-order valence-corrected chi connectivity index (χ4v) is 8.01. The highest BCUT2D eigenvalue weighted by Gasteiger charge is 2.39. The molecule has 2 saturated heterocycles. The summed E-state index contributed by atoms with van der Waals surface area (Å²) in [6.07, 6.45) is 6.54. The summed E-state index contributed by atoms with van der Waals surface area (Å²) in [5.74, 6) is -2.13. The molecule has 3 aromatic carbocycles. The topological polar surface area (TPSA) is 124 Å². The lowest BCUT2D eigenvalue weighted by Crippen LogP contribution is -2.49. The number of hydrogen-bond acceptors (Lipinski definition) is 7. The molecule has 0 radical (unpaired) electrons. The quantitative estimate of drug-likeness (QED) is 0.144. The molecule has 7 rings (SSSR count). The number of fused-ring (bicyclic) bond motifs is 1. The van der Waals surface area contributed by atoms with E-state index in [-0.39, 0.29) is 17.3 Å². The van der Waals surface area contributed by atoms with Crippen LogP contribution in [0, 0.1) is 24.0 Å². The zero-order chi connectivity index (χ0) is 40.7. The highest BCUT2D eigenvalue weighted by atomic mass is 19.1. The summed E-state index contributed by atoms with van der Waals surface area (Å²) in [5, 5.41) is 13.6. The smallest absolute Gasteiger partial charge is 0.410 e. The highest BCUT2D eigenvalue weighted by molar-refractivity contribution is 6.06. The first-order valence-electron chi connectivity index (χ1n) is 19.7. The van der Waals surface area contributed by atoms with Gasteiger partial charge in [-0.1, -0.05) is 30.3 Å². The lowest BCUT2D eigenvalue weighted by molar-refractivity contribution is -0.00228. The molecular weight excluding hydrogens is 727 g/mol. The maximum absolute atomic E-state index is 15.1. The van der Waals surface area contributed by atoms with Crippen LogP contribution in [0.15, 0.2) is 67.0 Å². The van der Waals surface area contributed by atoms with Crippen molar-refractivity contribution in [2.24, 2.45) is 5.41 Å². The second kappa shape index (κ2) is 15.6. The van der Waals surface area contributed by atoms with Gasteiger partial charge in [-0.2, -0.15) is 0 Å². The fraction of sp³-hybridized carbons (Fsp3) is 0.422. The molecule has 0 saturated carbocycles. The van der Waals surface area contributed by atoms with Crippen LogP contribution < -0.4 is 5.32 Å². The van der Waals surface area contributed by atoms with Gasteiger partial charge in [-0.05, 0) is 145 Å². The maximum atomic E-state index is 15.1. The third-order valence-corrected chi connectivity index (χ3v) is 11.6. The number of rotatable bonds is 8. The second-order valence-corrected chi connectivity index (χ2v) is 17.3. The first kappa shape index (κ1) is 40.0. The van der Waals surface area contributed by atoms with Crippen LogP contribution in [-0.2, 0) is 16.8 Å². The van der Waals surface area contributed by atoms with Gasteiger partial charge in [0.25, 0.3) is 5.91 Å². The van der Waals surface area contributed by atoms with Crippen molar-refractivity contribution < 1.29 is 28.2 Å². The van der Waals surface area contributed by atoms with E-state index in [1.807, 2.05) is 31.7 Å². The summed E-state index contributed by atoms with van der Waals surface area (Å²) < 4.78 is 35.7. The third kappa shape index (κ3) is 9.02. The number of piperidine rings is 2. The lowest BCUT2D eigenvalue weighted by Gasteiger charge is -2.46. The van der Waals surface area contributed by atoms with Crippen molar-refractivity contribution in [2.75, 3.05) is 38.0 Å². The van der Waals surface area contributed by atoms with E-state index in [1.54, 1.807) is 6.92 Å². The number of benzene rings is 3. The molecule has 2 aliphatic heterocycles. The van der Waals surface area contributed by atoms with Gasteiger partial charge in [0, 0.05) is 42.0 Å². The Hall–Kier alpha value is -5.20. The van der Waals surface area contributed by atoms with Crippen molar-refractivity contribution in [3.8, 4) is 22.5 Å². The molecule has 0 atom stereocenters. The van der Waals surface area contributed by atoms with Crippen LogP contribution in [-0.4, -0.2) is 80.2 Å². The minimum Gasteiger partial charge on any atom is -0.444 e. The van der Waals surface area contributed by atoms with E-state index in [0.29, 0.717) is 38.8 Å². The number of anilines is 1. The molecule has 3 N–H and O–H groups in total. The number of amides is 2. The zero-order valence-electron chi connectivity index (χ0n) is 33.6. The van der Waals surface area contributed by atoms with Crippen LogP contribution in [0.4, 0.5) is 19.3 Å². The van der Waals surface area contributed by atoms with Crippen LogP contribution >= 0.6 is 0 Å². The minimum atomic E-state index is -1.28. The molecular formula is C45H52F2N6O4. The summed E-state index contributed by atoms with van der Waals surface area (Å²) in [6.45, 7) is 15.2. The van der Waals surface area contributed by atoms with Gasteiger partial charge in [-0.15, -0.1) is 0 Å². The van der Waals surface area contributed by atoms with E-state index in [9.17, 15) is 19.1 Å². The molecule has 300 valence electrons. The average Bonchev–Trinajstić information content (AvgIpc) is 3.60. The molecule has 1 spiro atoms. The van der Waals surface area contributed by atoms with Crippen LogP contribution in [0.3, 0.4) is 0 Å². The molecule has 2 aromatic heterocycles. The molecule has 4 heterocycles. The third-order valence-electron chi connectivity index (χ3n) is 11.6. The Bertz CT molecular complexity index is 2270. The van der Waals surface area contributed by atoms with Crippen LogP contribution in [0.5, 0.6) is 0 Å². The Labute approximate surface area is 332 Å². The Kier molecular flexibility index (Phi) is 11.0. The molecule has 12 heteroatoms. The second-order valence-electron chi connectivity index (χ2n) is 17.3. The molecule has 0 aliphatic carbocycles. The van der Waals surface area contributed by atoms with E-state index >= 15 is 4.39 Å². The molecule has 10 nitrogen and oxygen atoms in total. The normalized spacial score (nSPS) is 16.3. The number of H-pyrrole nitrogens is 1. The van der Waals surface area contributed by atoms with E-state index < -0.39 is 28.7 Å². The Morgan fingerprint density at radius 3 is 2.25 bits per heavy atom. The van der Waals surface area contributed by atoms with E-state index in [4.69, 9.17) is 4.74 Å². The van der Waals surface area contributed by atoms with Gasteiger partial charge in [0.05, 0.1) is 16.9 Å². The number of likely N-dealkylation sites (tertiary alicyclic amines) is 2. The van der Waals surface area contributed by atoms with E-state index in [0.717, 1.165) is 82.2 Å².